The van der Waals surface area contributed by atoms with Crippen molar-refractivity contribution in [1.29, 1.82) is 0 Å². The summed E-state index contributed by atoms with van der Waals surface area (Å²) in [4.78, 5) is 10.9. The summed E-state index contributed by atoms with van der Waals surface area (Å²) in [5.41, 5.74) is 3.61. The highest BCUT2D eigenvalue weighted by Crippen LogP contribution is 2.48. The molecule has 154 valence electrons. The van der Waals surface area contributed by atoms with Crippen LogP contribution in [-0.4, -0.2) is 22.4 Å². The lowest BCUT2D eigenvalue weighted by atomic mass is 9.95. The van der Waals surface area contributed by atoms with Crippen molar-refractivity contribution in [2.75, 3.05) is 6.79 Å². The Morgan fingerprint density at radius 3 is 2.74 bits per heavy atom. The van der Waals surface area contributed by atoms with Gasteiger partial charge < -0.3 is 14.2 Å². The van der Waals surface area contributed by atoms with Crippen LogP contribution in [0.2, 0.25) is 0 Å². The van der Waals surface area contributed by atoms with Crippen molar-refractivity contribution in [2.24, 2.45) is 5.10 Å². The molecular formula is C23H17N3O5. The van der Waals surface area contributed by atoms with Crippen LogP contribution >= 0.6 is 0 Å². The monoisotopic (exact) mass is 415 g/mol. The molecule has 8 heteroatoms. The summed E-state index contributed by atoms with van der Waals surface area (Å²) >= 11 is 0. The predicted molar refractivity (Wildman–Crippen MR) is 111 cm³/mol. The number of nitrogens with zero attached hydrogens (tertiary/aromatic N) is 3. The minimum atomic E-state index is -0.564. The average molecular weight is 415 g/mol. The smallest absolute Gasteiger partial charge is 0.269 e. The van der Waals surface area contributed by atoms with Crippen molar-refractivity contribution in [3.8, 4) is 17.2 Å². The van der Waals surface area contributed by atoms with E-state index in [0.29, 0.717) is 17.7 Å². The minimum absolute atomic E-state index is 0.0238. The number of benzene rings is 3. The number of nitro benzene ring substituents is 1. The van der Waals surface area contributed by atoms with Gasteiger partial charge in [0.15, 0.2) is 11.5 Å². The standard InChI is InChI=1S/C23H17N3O5/c27-26(28)16-5-3-4-15(10-16)23-25-19(17-6-1-2-7-20(17)31-23)12-18(24-25)14-8-9-21-22(11-14)30-13-29-21/h1-11,19,23H,12-13H2/t19-,23+/m1/s1. The van der Waals surface area contributed by atoms with Crippen LogP contribution in [0.5, 0.6) is 17.2 Å². The number of hydrogen-bond acceptors (Lipinski definition) is 7. The van der Waals surface area contributed by atoms with Crippen LogP contribution < -0.4 is 14.2 Å². The van der Waals surface area contributed by atoms with Gasteiger partial charge in [0, 0.05) is 35.2 Å². The quantitative estimate of drug-likeness (QED) is 0.460. The van der Waals surface area contributed by atoms with Crippen LogP contribution in [0.4, 0.5) is 5.69 Å². The molecule has 3 aromatic rings. The Bertz CT molecular complexity index is 1240. The zero-order valence-corrected chi connectivity index (χ0v) is 16.3. The Morgan fingerprint density at radius 2 is 1.84 bits per heavy atom. The maximum absolute atomic E-state index is 11.3. The molecule has 31 heavy (non-hydrogen) atoms. The van der Waals surface area contributed by atoms with Gasteiger partial charge in [-0.3, -0.25) is 10.1 Å². The van der Waals surface area contributed by atoms with Crippen LogP contribution in [0, 0.1) is 10.1 Å². The first kappa shape index (κ1) is 17.8. The fourth-order valence-electron chi connectivity index (χ4n) is 4.30. The maximum atomic E-state index is 11.3. The first-order valence-corrected chi connectivity index (χ1v) is 9.93. The lowest BCUT2D eigenvalue weighted by Crippen LogP contribution is -2.33. The second kappa shape index (κ2) is 6.73. The van der Waals surface area contributed by atoms with Gasteiger partial charge in [-0.2, -0.15) is 5.10 Å². The summed E-state index contributed by atoms with van der Waals surface area (Å²) in [7, 11) is 0. The van der Waals surface area contributed by atoms with Crippen molar-refractivity contribution in [3.63, 3.8) is 0 Å². The Kier molecular flexibility index (Phi) is 3.86. The highest BCUT2D eigenvalue weighted by molar-refractivity contribution is 6.02. The van der Waals surface area contributed by atoms with Crippen molar-refractivity contribution >= 4 is 11.4 Å². The fraction of sp³-hybridized carbons (Fsp3) is 0.174. The number of rotatable bonds is 3. The van der Waals surface area contributed by atoms with Crippen LogP contribution in [0.25, 0.3) is 0 Å². The third kappa shape index (κ3) is 2.87. The largest absolute Gasteiger partial charge is 0.464 e. The molecule has 2 atom stereocenters. The molecule has 0 fully saturated rings. The molecule has 8 nitrogen and oxygen atoms in total. The van der Waals surface area contributed by atoms with Gasteiger partial charge in [0.05, 0.1) is 16.7 Å². The molecule has 0 amide bonds. The van der Waals surface area contributed by atoms with E-state index in [9.17, 15) is 10.1 Å². The molecule has 3 aliphatic heterocycles. The molecule has 0 spiro atoms. The molecule has 3 aliphatic rings. The normalized spacial score (nSPS) is 20.5. The van der Waals surface area contributed by atoms with E-state index in [4.69, 9.17) is 19.3 Å². The van der Waals surface area contributed by atoms with Crippen molar-refractivity contribution in [3.05, 3.63) is 93.5 Å². The van der Waals surface area contributed by atoms with Crippen LogP contribution in [0.3, 0.4) is 0 Å². The average Bonchev–Trinajstić information content (AvgIpc) is 3.45. The first-order valence-electron chi connectivity index (χ1n) is 9.93. The number of non-ortho nitro benzene ring substituents is 1. The first-order chi connectivity index (χ1) is 15.2. The number of para-hydroxylation sites is 1. The molecule has 0 unspecified atom stereocenters. The topological polar surface area (TPSA) is 86.4 Å². The minimum Gasteiger partial charge on any atom is -0.464 e. The van der Waals surface area contributed by atoms with Gasteiger partial charge in [-0.25, -0.2) is 5.01 Å². The summed E-state index contributed by atoms with van der Waals surface area (Å²) in [6, 6.07) is 20.2. The molecule has 0 saturated heterocycles. The number of nitro groups is 1. The predicted octanol–water partition coefficient (Wildman–Crippen LogP) is 4.57. The van der Waals surface area contributed by atoms with E-state index < -0.39 is 11.2 Å². The van der Waals surface area contributed by atoms with E-state index in [-0.39, 0.29) is 18.5 Å². The Hall–Kier alpha value is -4.07. The summed E-state index contributed by atoms with van der Waals surface area (Å²) in [5, 5.41) is 18.1. The van der Waals surface area contributed by atoms with Gasteiger partial charge in [0.25, 0.3) is 5.69 Å². The van der Waals surface area contributed by atoms with Crippen molar-refractivity contribution < 1.29 is 19.1 Å². The zero-order valence-electron chi connectivity index (χ0n) is 16.3. The van der Waals surface area contributed by atoms with E-state index in [1.807, 2.05) is 53.5 Å². The molecule has 0 aromatic heterocycles. The van der Waals surface area contributed by atoms with Crippen LogP contribution in [0.1, 0.15) is 35.4 Å². The van der Waals surface area contributed by atoms with Gasteiger partial charge >= 0.3 is 0 Å². The third-order valence-electron chi connectivity index (χ3n) is 5.77. The highest BCUT2D eigenvalue weighted by Gasteiger charge is 2.41. The number of fused-ring (bicyclic) bond motifs is 4. The molecule has 0 radical (unpaired) electrons. The van der Waals surface area contributed by atoms with Crippen LogP contribution in [0.15, 0.2) is 71.8 Å². The molecule has 6 rings (SSSR count). The van der Waals surface area contributed by atoms with E-state index in [1.54, 1.807) is 12.1 Å². The highest BCUT2D eigenvalue weighted by atomic mass is 16.7. The van der Waals surface area contributed by atoms with Crippen molar-refractivity contribution in [2.45, 2.75) is 18.7 Å². The van der Waals surface area contributed by atoms with Crippen LogP contribution in [-0.2, 0) is 0 Å². The third-order valence-corrected chi connectivity index (χ3v) is 5.77. The van der Waals surface area contributed by atoms with Gasteiger partial charge in [0.2, 0.25) is 13.0 Å². The Morgan fingerprint density at radius 1 is 0.968 bits per heavy atom. The maximum Gasteiger partial charge on any atom is 0.269 e. The second-order valence-corrected chi connectivity index (χ2v) is 7.57. The lowest BCUT2D eigenvalue weighted by Gasteiger charge is -2.38. The van der Waals surface area contributed by atoms with Gasteiger partial charge in [-0.1, -0.05) is 30.3 Å². The SMILES string of the molecule is O=[N+]([O-])c1cccc([C@@H]2Oc3ccccc3[C@H]3CC(c4ccc5c(c4)OCO5)=NN32)c1. The summed E-state index contributed by atoms with van der Waals surface area (Å²) in [6.07, 6.45) is 0.122. The number of hydrazone groups is 1. The van der Waals surface area contributed by atoms with E-state index in [0.717, 1.165) is 28.3 Å². The van der Waals surface area contributed by atoms with Crippen molar-refractivity contribution in [1.82, 2.24) is 5.01 Å². The molecule has 0 bridgehead atoms. The zero-order chi connectivity index (χ0) is 20.9. The van der Waals surface area contributed by atoms with E-state index >= 15 is 0 Å². The second-order valence-electron chi connectivity index (χ2n) is 7.57. The molecule has 3 heterocycles. The van der Waals surface area contributed by atoms with Gasteiger partial charge in [0.1, 0.15) is 5.75 Å². The Labute approximate surface area is 177 Å². The molecule has 0 N–H and O–H groups in total. The number of hydrogen-bond donors (Lipinski definition) is 0. The number of ether oxygens (including phenoxy) is 3. The Balaban J connectivity index is 1.43. The van der Waals surface area contributed by atoms with E-state index in [1.165, 1.54) is 6.07 Å². The lowest BCUT2D eigenvalue weighted by molar-refractivity contribution is -0.385. The van der Waals surface area contributed by atoms with Gasteiger partial charge in [-0.05, 0) is 24.3 Å². The fourth-order valence-corrected chi connectivity index (χ4v) is 4.30. The summed E-state index contributed by atoms with van der Waals surface area (Å²) in [5.74, 6) is 2.20. The molecular weight excluding hydrogens is 398 g/mol. The summed E-state index contributed by atoms with van der Waals surface area (Å²) in [6.45, 7) is 0.218. The van der Waals surface area contributed by atoms with E-state index in [2.05, 4.69) is 0 Å². The molecule has 0 aliphatic carbocycles. The molecule has 0 saturated carbocycles. The summed E-state index contributed by atoms with van der Waals surface area (Å²) < 4.78 is 17.2. The van der Waals surface area contributed by atoms with Gasteiger partial charge in [-0.15, -0.1) is 0 Å². The molecule has 3 aromatic carbocycles.